The Bertz CT molecular complexity index is 1070. The Morgan fingerprint density at radius 1 is 1.07 bits per heavy atom. The number of phenols is 3. The topological polar surface area (TPSA) is 126 Å². The van der Waals surface area contributed by atoms with E-state index in [1.165, 1.54) is 36.4 Å². The SMILES string of the molecule is CCO[PH](=O)COc1c(-c2ccc(O)c(O)c2)oc2cc(O)ccc2c1=O. The number of fused-ring (bicyclic) bond motifs is 1. The van der Waals surface area contributed by atoms with Gasteiger partial charge in [-0.05, 0) is 37.3 Å². The minimum Gasteiger partial charge on any atom is -0.508 e. The highest BCUT2D eigenvalue weighted by Crippen LogP contribution is 2.37. The summed E-state index contributed by atoms with van der Waals surface area (Å²) in [5.74, 6) is -1.11. The van der Waals surface area contributed by atoms with E-state index in [9.17, 15) is 24.7 Å². The fourth-order valence-corrected chi connectivity index (χ4v) is 3.15. The first kappa shape index (κ1) is 18.8. The molecular weight excluding hydrogens is 375 g/mol. The molecule has 1 unspecified atom stereocenters. The van der Waals surface area contributed by atoms with Crippen LogP contribution in [0.3, 0.4) is 0 Å². The van der Waals surface area contributed by atoms with Crippen LogP contribution in [-0.4, -0.2) is 28.3 Å². The van der Waals surface area contributed by atoms with E-state index in [0.29, 0.717) is 0 Å². The minimum atomic E-state index is -2.51. The Morgan fingerprint density at radius 2 is 1.85 bits per heavy atom. The van der Waals surface area contributed by atoms with Gasteiger partial charge in [-0.1, -0.05) is 0 Å². The predicted octanol–water partition coefficient (Wildman–Crippen LogP) is 3.42. The molecule has 9 heteroatoms. The van der Waals surface area contributed by atoms with Crippen LogP contribution in [0, 0.1) is 0 Å². The van der Waals surface area contributed by atoms with Gasteiger partial charge in [0, 0.05) is 11.6 Å². The number of rotatable bonds is 6. The Kier molecular flexibility index (Phi) is 5.39. The van der Waals surface area contributed by atoms with E-state index in [0.717, 1.165) is 0 Å². The first-order chi connectivity index (χ1) is 12.9. The van der Waals surface area contributed by atoms with Crippen LogP contribution in [0.2, 0.25) is 0 Å². The van der Waals surface area contributed by atoms with Crippen LogP contribution in [0.15, 0.2) is 45.6 Å². The molecule has 0 spiro atoms. The van der Waals surface area contributed by atoms with Gasteiger partial charge >= 0.3 is 0 Å². The average Bonchev–Trinajstić information content (AvgIpc) is 2.63. The molecule has 8 nitrogen and oxygen atoms in total. The van der Waals surface area contributed by atoms with Crippen molar-refractivity contribution in [3.8, 4) is 34.3 Å². The molecule has 0 radical (unpaired) electrons. The number of phenolic OH excluding ortho intramolecular Hbond substituents is 3. The third kappa shape index (κ3) is 3.92. The van der Waals surface area contributed by atoms with Crippen LogP contribution in [0.25, 0.3) is 22.3 Å². The van der Waals surface area contributed by atoms with Crippen molar-refractivity contribution < 1.29 is 33.6 Å². The number of benzene rings is 2. The number of hydrogen-bond acceptors (Lipinski definition) is 8. The van der Waals surface area contributed by atoms with E-state index in [1.54, 1.807) is 6.92 Å². The second-order valence-corrected chi connectivity index (χ2v) is 6.89. The third-order valence-electron chi connectivity index (χ3n) is 3.71. The van der Waals surface area contributed by atoms with Gasteiger partial charge in [-0.3, -0.25) is 9.36 Å². The largest absolute Gasteiger partial charge is 0.508 e. The van der Waals surface area contributed by atoms with Crippen molar-refractivity contribution >= 4 is 19.0 Å². The molecule has 1 aromatic heterocycles. The molecule has 3 N–H and O–H groups in total. The summed E-state index contributed by atoms with van der Waals surface area (Å²) in [4.78, 5) is 12.8. The van der Waals surface area contributed by atoms with Crippen LogP contribution >= 0.6 is 8.03 Å². The van der Waals surface area contributed by atoms with Gasteiger partial charge in [0.15, 0.2) is 23.6 Å². The third-order valence-corrected chi connectivity index (χ3v) is 4.70. The maximum absolute atomic E-state index is 12.8. The second-order valence-electron chi connectivity index (χ2n) is 5.57. The van der Waals surface area contributed by atoms with Gasteiger partial charge in [0.2, 0.25) is 19.2 Å². The number of aromatic hydroxyl groups is 3. The summed E-state index contributed by atoms with van der Waals surface area (Å²) in [5.41, 5.74) is -0.184. The highest BCUT2D eigenvalue weighted by Gasteiger charge is 2.20. The van der Waals surface area contributed by atoms with E-state index in [2.05, 4.69) is 0 Å². The molecule has 0 amide bonds. The normalized spacial score (nSPS) is 12.2. The summed E-state index contributed by atoms with van der Waals surface area (Å²) in [6, 6.07) is 7.82. The number of hydrogen-bond donors (Lipinski definition) is 3. The first-order valence-corrected chi connectivity index (χ1v) is 9.53. The van der Waals surface area contributed by atoms with E-state index in [-0.39, 0.29) is 52.5 Å². The summed E-state index contributed by atoms with van der Waals surface area (Å²) in [6.07, 6.45) is -0.329. The van der Waals surface area contributed by atoms with E-state index >= 15 is 0 Å². The van der Waals surface area contributed by atoms with Crippen LogP contribution < -0.4 is 10.2 Å². The van der Waals surface area contributed by atoms with Crippen molar-refractivity contribution in [3.05, 3.63) is 46.6 Å². The fourth-order valence-electron chi connectivity index (χ4n) is 2.48. The molecule has 0 fully saturated rings. The second kappa shape index (κ2) is 7.73. The van der Waals surface area contributed by atoms with Gasteiger partial charge in [0.25, 0.3) is 0 Å². The maximum Gasteiger partial charge on any atom is 0.235 e. The molecule has 1 heterocycles. The highest BCUT2D eigenvalue weighted by atomic mass is 31.1. The van der Waals surface area contributed by atoms with E-state index in [1.807, 2.05) is 0 Å². The molecule has 0 aliphatic rings. The smallest absolute Gasteiger partial charge is 0.235 e. The minimum absolute atomic E-state index is 0.0419. The van der Waals surface area contributed by atoms with Gasteiger partial charge in [0.1, 0.15) is 11.3 Å². The molecule has 3 aromatic rings. The van der Waals surface area contributed by atoms with Crippen LogP contribution in [0.4, 0.5) is 0 Å². The first-order valence-electron chi connectivity index (χ1n) is 8.01. The summed E-state index contributed by atoms with van der Waals surface area (Å²) < 4.78 is 27.9. The van der Waals surface area contributed by atoms with Crippen molar-refractivity contribution in [2.24, 2.45) is 0 Å². The maximum atomic E-state index is 12.8. The average molecular weight is 392 g/mol. The lowest BCUT2D eigenvalue weighted by Gasteiger charge is -2.12. The molecule has 0 saturated heterocycles. The molecule has 3 rings (SSSR count). The van der Waals surface area contributed by atoms with Gasteiger partial charge in [-0.25, -0.2) is 0 Å². The van der Waals surface area contributed by atoms with E-state index in [4.69, 9.17) is 13.7 Å². The molecule has 0 aliphatic carbocycles. The lowest BCUT2D eigenvalue weighted by molar-refractivity contribution is 0.306. The Balaban J connectivity index is 2.18. The fraction of sp³-hybridized carbons (Fsp3) is 0.167. The lowest BCUT2D eigenvalue weighted by atomic mass is 10.1. The van der Waals surface area contributed by atoms with Gasteiger partial charge < -0.3 is 29.0 Å². The van der Waals surface area contributed by atoms with E-state index < -0.39 is 19.2 Å². The zero-order valence-corrected chi connectivity index (χ0v) is 15.3. The van der Waals surface area contributed by atoms with Crippen molar-refractivity contribution in [3.63, 3.8) is 0 Å². The summed E-state index contributed by atoms with van der Waals surface area (Å²) in [5, 5.41) is 29.1. The van der Waals surface area contributed by atoms with Crippen molar-refractivity contribution in [2.75, 3.05) is 13.0 Å². The van der Waals surface area contributed by atoms with Crippen molar-refractivity contribution in [1.29, 1.82) is 0 Å². The standard InChI is InChI=1S/C18H17O8P/c1-2-25-27(23)9-24-18-16(22)12-5-4-11(19)8-15(12)26-17(18)10-3-6-13(20)14(21)7-10/h3-8,19-21,27H,2,9H2,1H3. The highest BCUT2D eigenvalue weighted by molar-refractivity contribution is 7.38. The molecule has 0 bridgehead atoms. The molecule has 27 heavy (non-hydrogen) atoms. The van der Waals surface area contributed by atoms with Crippen LogP contribution in [-0.2, 0) is 9.09 Å². The molecule has 2 aromatic carbocycles. The molecule has 1 atom stereocenters. The Labute approximate surface area is 154 Å². The Hall–Kier alpha value is -2.96. The van der Waals surface area contributed by atoms with Crippen LogP contribution in [0.1, 0.15) is 6.92 Å². The number of ether oxygens (including phenoxy) is 1. The summed E-state index contributed by atoms with van der Waals surface area (Å²) in [6.45, 7) is 1.93. The lowest BCUT2D eigenvalue weighted by Crippen LogP contribution is -2.10. The van der Waals surface area contributed by atoms with Gasteiger partial charge in [0.05, 0.1) is 12.0 Å². The monoisotopic (exact) mass is 392 g/mol. The van der Waals surface area contributed by atoms with Crippen molar-refractivity contribution in [1.82, 2.24) is 0 Å². The van der Waals surface area contributed by atoms with Crippen molar-refractivity contribution in [2.45, 2.75) is 6.92 Å². The predicted molar refractivity (Wildman–Crippen MR) is 99.0 cm³/mol. The molecule has 0 saturated carbocycles. The molecule has 142 valence electrons. The quantitative estimate of drug-likeness (QED) is 0.430. The van der Waals surface area contributed by atoms with Crippen LogP contribution in [0.5, 0.6) is 23.0 Å². The summed E-state index contributed by atoms with van der Waals surface area (Å²) >= 11 is 0. The Morgan fingerprint density at radius 3 is 2.56 bits per heavy atom. The van der Waals surface area contributed by atoms with Gasteiger partial charge in [-0.2, -0.15) is 0 Å². The zero-order chi connectivity index (χ0) is 19.6. The molecular formula is C18H17O8P. The van der Waals surface area contributed by atoms with Gasteiger partial charge in [-0.15, -0.1) is 0 Å². The zero-order valence-electron chi connectivity index (χ0n) is 14.3. The molecule has 0 aliphatic heterocycles. The summed E-state index contributed by atoms with van der Waals surface area (Å²) in [7, 11) is -2.51.